The second-order valence-corrected chi connectivity index (χ2v) is 8.79. The number of halogens is 2. The van der Waals surface area contributed by atoms with Gasteiger partial charge in [-0.15, -0.1) is 0 Å². The minimum absolute atomic E-state index is 0.361. The third-order valence-corrected chi connectivity index (χ3v) is 5.85. The van der Waals surface area contributed by atoms with Gasteiger partial charge in [-0.2, -0.15) is 5.10 Å². The number of nitrogens with zero attached hydrogens (tertiary/aromatic N) is 1. The van der Waals surface area contributed by atoms with Crippen LogP contribution in [0.4, 0.5) is 0 Å². The van der Waals surface area contributed by atoms with Crippen LogP contribution < -0.4 is 19.6 Å². The van der Waals surface area contributed by atoms with Crippen LogP contribution in [0.5, 0.6) is 17.2 Å². The van der Waals surface area contributed by atoms with Gasteiger partial charge in [-0.3, -0.25) is 4.79 Å². The number of hydrogen-bond acceptors (Lipinski definition) is 5. The lowest BCUT2D eigenvalue weighted by atomic mass is 10.2. The zero-order chi connectivity index (χ0) is 26.0. The Balaban J connectivity index is 1.32. The molecule has 0 unspecified atom stereocenters. The summed E-state index contributed by atoms with van der Waals surface area (Å²) in [5.41, 5.74) is 5.59. The van der Waals surface area contributed by atoms with Crippen molar-refractivity contribution in [1.29, 1.82) is 0 Å². The quantitative estimate of drug-likeness (QED) is 0.177. The van der Waals surface area contributed by atoms with Gasteiger partial charge >= 0.3 is 0 Å². The SMILES string of the molecule is COc1cc(C(=O)N/N=C/c2ccc(OCc3ccc(Cl)cc3)c(Cl)c2)ccc1OCc1ccccc1. The molecular weight excluding hydrogens is 511 g/mol. The summed E-state index contributed by atoms with van der Waals surface area (Å²) in [6.07, 6.45) is 1.50. The first kappa shape index (κ1) is 26.1. The summed E-state index contributed by atoms with van der Waals surface area (Å²) in [6.45, 7) is 0.750. The van der Waals surface area contributed by atoms with Crippen molar-refractivity contribution in [2.24, 2.45) is 5.10 Å². The maximum Gasteiger partial charge on any atom is 0.271 e. The molecule has 0 aliphatic heterocycles. The van der Waals surface area contributed by atoms with Crippen molar-refractivity contribution < 1.29 is 19.0 Å². The van der Waals surface area contributed by atoms with Gasteiger partial charge in [-0.05, 0) is 65.2 Å². The van der Waals surface area contributed by atoms with Crippen LogP contribution in [0, 0.1) is 0 Å². The van der Waals surface area contributed by atoms with Crippen molar-refractivity contribution in [2.45, 2.75) is 13.2 Å². The van der Waals surface area contributed by atoms with Gasteiger partial charge in [0.1, 0.15) is 19.0 Å². The molecule has 0 bridgehead atoms. The predicted octanol–water partition coefficient (Wildman–Crippen LogP) is 6.92. The van der Waals surface area contributed by atoms with Crippen LogP contribution in [0.1, 0.15) is 27.0 Å². The smallest absolute Gasteiger partial charge is 0.271 e. The predicted molar refractivity (Wildman–Crippen MR) is 146 cm³/mol. The molecule has 0 aliphatic rings. The normalized spacial score (nSPS) is 10.8. The highest BCUT2D eigenvalue weighted by Crippen LogP contribution is 2.29. The monoisotopic (exact) mass is 534 g/mol. The van der Waals surface area contributed by atoms with E-state index in [9.17, 15) is 4.79 Å². The fraction of sp³-hybridized carbons (Fsp3) is 0.103. The van der Waals surface area contributed by atoms with E-state index in [1.807, 2.05) is 42.5 Å². The standard InChI is InChI=1S/C29H24Cl2N2O4/c1-35-28-16-23(10-14-27(28)37-18-20-5-3-2-4-6-20)29(34)33-32-17-22-9-13-26(25(31)15-22)36-19-21-7-11-24(30)12-8-21/h2-17H,18-19H2,1H3,(H,33,34)/b32-17+. The molecule has 188 valence electrons. The molecule has 4 rings (SSSR count). The second-order valence-electron chi connectivity index (χ2n) is 7.94. The summed E-state index contributed by atoms with van der Waals surface area (Å²) in [5.74, 6) is 1.14. The van der Waals surface area contributed by atoms with E-state index in [0.717, 1.165) is 11.1 Å². The van der Waals surface area contributed by atoms with Gasteiger partial charge in [0.2, 0.25) is 0 Å². The van der Waals surface area contributed by atoms with E-state index < -0.39 is 5.91 Å². The van der Waals surface area contributed by atoms with Gasteiger partial charge < -0.3 is 14.2 Å². The number of carbonyl (C=O) groups excluding carboxylic acids is 1. The van der Waals surface area contributed by atoms with Crippen LogP contribution in [-0.4, -0.2) is 19.2 Å². The number of benzene rings is 4. The molecular formula is C29H24Cl2N2O4. The summed E-state index contributed by atoms with van der Waals surface area (Å²) < 4.78 is 17.0. The van der Waals surface area contributed by atoms with Crippen LogP contribution in [0.25, 0.3) is 0 Å². The lowest BCUT2D eigenvalue weighted by Crippen LogP contribution is -2.17. The van der Waals surface area contributed by atoms with Crippen molar-refractivity contribution >= 4 is 35.3 Å². The van der Waals surface area contributed by atoms with Crippen LogP contribution in [0.2, 0.25) is 10.0 Å². The first-order chi connectivity index (χ1) is 18.0. The number of nitrogens with one attached hydrogen (secondary N) is 1. The Hall–Kier alpha value is -4.00. The number of hydrazone groups is 1. The van der Waals surface area contributed by atoms with Crippen LogP contribution in [-0.2, 0) is 13.2 Å². The molecule has 0 radical (unpaired) electrons. The molecule has 0 heterocycles. The van der Waals surface area contributed by atoms with Crippen molar-refractivity contribution in [3.63, 3.8) is 0 Å². The Bertz CT molecular complexity index is 1380. The number of methoxy groups -OCH3 is 1. The van der Waals surface area contributed by atoms with E-state index in [0.29, 0.717) is 51.6 Å². The molecule has 1 N–H and O–H groups in total. The molecule has 4 aromatic rings. The Labute approximate surface area is 225 Å². The third kappa shape index (κ3) is 7.49. The zero-order valence-electron chi connectivity index (χ0n) is 20.0. The maximum atomic E-state index is 12.6. The lowest BCUT2D eigenvalue weighted by Gasteiger charge is -2.12. The fourth-order valence-corrected chi connectivity index (χ4v) is 3.72. The van der Waals surface area contributed by atoms with Gasteiger partial charge in [-0.25, -0.2) is 5.43 Å². The van der Waals surface area contributed by atoms with Crippen molar-refractivity contribution in [2.75, 3.05) is 7.11 Å². The van der Waals surface area contributed by atoms with E-state index in [1.54, 1.807) is 48.5 Å². The van der Waals surface area contributed by atoms with Crippen molar-refractivity contribution in [3.05, 3.63) is 123 Å². The molecule has 0 fully saturated rings. The summed E-state index contributed by atoms with van der Waals surface area (Å²) >= 11 is 12.3. The van der Waals surface area contributed by atoms with Gasteiger partial charge in [-0.1, -0.05) is 65.7 Å². The largest absolute Gasteiger partial charge is 0.493 e. The molecule has 6 nitrogen and oxygen atoms in total. The van der Waals surface area contributed by atoms with Gasteiger partial charge in [0.05, 0.1) is 18.3 Å². The Morgan fingerprint density at radius 3 is 2.19 bits per heavy atom. The molecule has 37 heavy (non-hydrogen) atoms. The number of amides is 1. The van der Waals surface area contributed by atoms with E-state index in [4.69, 9.17) is 37.4 Å². The average molecular weight is 535 g/mol. The van der Waals surface area contributed by atoms with Crippen LogP contribution >= 0.6 is 23.2 Å². The number of hydrogen-bond donors (Lipinski definition) is 1. The lowest BCUT2D eigenvalue weighted by molar-refractivity contribution is 0.0954. The summed E-state index contributed by atoms with van der Waals surface area (Å²) in [4.78, 5) is 12.6. The molecule has 0 aliphatic carbocycles. The summed E-state index contributed by atoms with van der Waals surface area (Å²) in [6, 6.07) is 27.4. The molecule has 4 aromatic carbocycles. The topological polar surface area (TPSA) is 69.2 Å². The summed E-state index contributed by atoms with van der Waals surface area (Å²) in [7, 11) is 1.52. The van der Waals surface area contributed by atoms with Crippen molar-refractivity contribution in [1.82, 2.24) is 5.43 Å². The van der Waals surface area contributed by atoms with Crippen LogP contribution in [0.15, 0.2) is 96.1 Å². The highest BCUT2D eigenvalue weighted by Gasteiger charge is 2.11. The Kier molecular flexibility index (Phi) is 9.03. The second kappa shape index (κ2) is 12.8. The van der Waals surface area contributed by atoms with E-state index in [2.05, 4.69) is 10.5 Å². The minimum atomic E-state index is -0.391. The Morgan fingerprint density at radius 1 is 0.811 bits per heavy atom. The minimum Gasteiger partial charge on any atom is -0.493 e. The fourth-order valence-electron chi connectivity index (χ4n) is 3.35. The molecule has 0 saturated heterocycles. The van der Waals surface area contributed by atoms with E-state index >= 15 is 0 Å². The molecule has 0 aromatic heterocycles. The highest BCUT2D eigenvalue weighted by atomic mass is 35.5. The van der Waals surface area contributed by atoms with Gasteiger partial charge in [0.15, 0.2) is 11.5 Å². The summed E-state index contributed by atoms with van der Waals surface area (Å²) in [5, 5.41) is 5.13. The van der Waals surface area contributed by atoms with E-state index in [-0.39, 0.29) is 0 Å². The highest BCUT2D eigenvalue weighted by molar-refractivity contribution is 6.32. The van der Waals surface area contributed by atoms with E-state index in [1.165, 1.54) is 13.3 Å². The molecule has 8 heteroatoms. The number of rotatable bonds is 10. The van der Waals surface area contributed by atoms with Gasteiger partial charge in [0, 0.05) is 10.6 Å². The first-order valence-electron chi connectivity index (χ1n) is 11.4. The molecule has 1 amide bonds. The van der Waals surface area contributed by atoms with Gasteiger partial charge in [0.25, 0.3) is 5.91 Å². The average Bonchev–Trinajstić information content (AvgIpc) is 2.92. The molecule has 0 spiro atoms. The number of carbonyl (C=O) groups is 1. The number of ether oxygens (including phenoxy) is 3. The third-order valence-electron chi connectivity index (χ3n) is 5.31. The zero-order valence-corrected chi connectivity index (χ0v) is 21.5. The Morgan fingerprint density at radius 2 is 1.49 bits per heavy atom. The maximum absolute atomic E-state index is 12.6. The van der Waals surface area contributed by atoms with Crippen molar-refractivity contribution in [3.8, 4) is 17.2 Å². The van der Waals surface area contributed by atoms with Crippen LogP contribution in [0.3, 0.4) is 0 Å². The molecule has 0 atom stereocenters. The molecule has 0 saturated carbocycles. The first-order valence-corrected chi connectivity index (χ1v) is 12.1.